The second kappa shape index (κ2) is 3.51. The minimum absolute atomic E-state index is 0.0714. The average molecular weight is 244 g/mol. The first kappa shape index (κ1) is 10.00. The second-order valence-corrected chi connectivity index (χ2v) is 4.84. The average Bonchev–Trinajstić information content (AvgIpc) is 2.86. The number of carbonyl (C=O) groups is 1. The van der Waals surface area contributed by atoms with Crippen LogP contribution in [0.15, 0.2) is 30.4 Å². The molecule has 2 unspecified atom stereocenters. The topological polar surface area (TPSA) is 44.8 Å². The highest BCUT2D eigenvalue weighted by atomic mass is 16.7. The first-order chi connectivity index (χ1) is 8.81. The van der Waals surface area contributed by atoms with Crippen molar-refractivity contribution in [3.05, 3.63) is 35.9 Å². The van der Waals surface area contributed by atoms with Crippen molar-refractivity contribution in [1.29, 1.82) is 0 Å². The number of rotatable bonds is 1. The molecule has 1 aromatic carbocycles. The molecule has 2 bridgehead atoms. The van der Waals surface area contributed by atoms with Gasteiger partial charge in [-0.25, -0.2) is 0 Å². The van der Waals surface area contributed by atoms with E-state index >= 15 is 0 Å². The van der Waals surface area contributed by atoms with Crippen molar-refractivity contribution in [2.75, 3.05) is 6.79 Å². The molecule has 18 heavy (non-hydrogen) atoms. The van der Waals surface area contributed by atoms with E-state index in [1.807, 2.05) is 30.4 Å². The molecular weight excluding hydrogens is 232 g/mol. The molecule has 92 valence electrons. The molecule has 3 heterocycles. The van der Waals surface area contributed by atoms with E-state index in [2.05, 4.69) is 0 Å². The normalized spacial score (nSPS) is 31.6. The molecule has 5 rings (SSSR count). The van der Waals surface area contributed by atoms with Crippen LogP contribution in [0, 0.1) is 5.92 Å². The van der Waals surface area contributed by atoms with Crippen molar-refractivity contribution in [3.8, 4) is 11.5 Å². The van der Waals surface area contributed by atoms with Crippen molar-refractivity contribution < 1.29 is 19.0 Å². The van der Waals surface area contributed by atoms with E-state index in [0.717, 1.165) is 23.5 Å². The van der Waals surface area contributed by atoms with Crippen LogP contribution in [0.5, 0.6) is 11.5 Å². The minimum atomic E-state index is -0.157. The molecule has 3 aliphatic heterocycles. The molecule has 0 N–H and O–H groups in total. The van der Waals surface area contributed by atoms with Crippen LogP contribution in [0.2, 0.25) is 0 Å². The van der Waals surface area contributed by atoms with Crippen molar-refractivity contribution in [2.24, 2.45) is 5.92 Å². The lowest BCUT2D eigenvalue weighted by Crippen LogP contribution is -2.38. The summed E-state index contributed by atoms with van der Waals surface area (Å²) in [6, 6.07) is 5.91. The second-order valence-electron chi connectivity index (χ2n) is 4.84. The van der Waals surface area contributed by atoms with Gasteiger partial charge in [-0.15, -0.1) is 0 Å². The Morgan fingerprint density at radius 2 is 2.00 bits per heavy atom. The predicted octanol–water partition coefficient (Wildman–Crippen LogP) is 2.00. The maximum Gasteiger partial charge on any atom is 0.314 e. The minimum Gasteiger partial charge on any atom is -0.458 e. The Kier molecular flexibility index (Phi) is 1.95. The zero-order valence-electron chi connectivity index (χ0n) is 9.67. The molecule has 4 heteroatoms. The third kappa shape index (κ3) is 1.35. The van der Waals surface area contributed by atoms with Crippen LogP contribution in [0.4, 0.5) is 0 Å². The molecule has 0 amide bonds. The Morgan fingerprint density at radius 1 is 1.11 bits per heavy atom. The first-order valence-electron chi connectivity index (χ1n) is 6.09. The summed E-state index contributed by atoms with van der Waals surface area (Å²) < 4.78 is 15.9. The fourth-order valence-corrected chi connectivity index (χ4v) is 2.90. The van der Waals surface area contributed by atoms with Gasteiger partial charge in [-0.1, -0.05) is 12.1 Å². The highest BCUT2D eigenvalue weighted by Crippen LogP contribution is 2.43. The first-order valence-corrected chi connectivity index (χ1v) is 6.09. The zero-order chi connectivity index (χ0) is 12.1. The van der Waals surface area contributed by atoms with Gasteiger partial charge >= 0.3 is 5.97 Å². The number of benzene rings is 1. The molecule has 4 aliphatic rings. The third-order valence-electron chi connectivity index (χ3n) is 3.82. The number of hydrogen-bond acceptors (Lipinski definition) is 4. The lowest BCUT2D eigenvalue weighted by atomic mass is 9.76. The van der Waals surface area contributed by atoms with Crippen molar-refractivity contribution >= 4 is 5.97 Å². The van der Waals surface area contributed by atoms with Crippen LogP contribution >= 0.6 is 0 Å². The summed E-state index contributed by atoms with van der Waals surface area (Å²) in [6.07, 6.45) is 4.73. The third-order valence-corrected chi connectivity index (χ3v) is 3.82. The molecular formula is C14H12O4. The predicted molar refractivity (Wildman–Crippen MR) is 62.4 cm³/mol. The summed E-state index contributed by atoms with van der Waals surface area (Å²) >= 11 is 0. The molecule has 0 radical (unpaired) electrons. The number of carbonyl (C=O) groups excluding carboxylic acids is 1. The number of esters is 1. The molecule has 1 aromatic rings. The van der Waals surface area contributed by atoms with E-state index in [-0.39, 0.29) is 30.7 Å². The lowest BCUT2D eigenvalue weighted by molar-refractivity contribution is -0.158. The highest BCUT2D eigenvalue weighted by Gasteiger charge is 2.40. The SMILES string of the molecule is O=C1O[C@H]2C=CC1C(c1ccc3c(c1)OCO3)C2. The Morgan fingerprint density at radius 3 is 2.83 bits per heavy atom. The van der Waals surface area contributed by atoms with E-state index in [1.54, 1.807) is 0 Å². The van der Waals surface area contributed by atoms with E-state index in [0.29, 0.717) is 0 Å². The lowest BCUT2D eigenvalue weighted by Gasteiger charge is -2.36. The Bertz CT molecular complexity index is 549. The van der Waals surface area contributed by atoms with Crippen LogP contribution in [-0.4, -0.2) is 18.9 Å². The molecule has 1 fully saturated rings. The number of ether oxygens (including phenoxy) is 3. The highest BCUT2D eigenvalue weighted by molar-refractivity contribution is 5.78. The Balaban J connectivity index is 1.72. The Hall–Kier alpha value is -1.97. The fraction of sp³-hybridized carbons (Fsp3) is 0.357. The fourth-order valence-electron chi connectivity index (χ4n) is 2.90. The van der Waals surface area contributed by atoms with E-state index < -0.39 is 0 Å². The van der Waals surface area contributed by atoms with E-state index in [9.17, 15) is 4.79 Å². The van der Waals surface area contributed by atoms with Crippen molar-refractivity contribution in [2.45, 2.75) is 18.4 Å². The van der Waals surface area contributed by atoms with Gasteiger partial charge in [-0.05, 0) is 30.2 Å². The molecule has 0 saturated carbocycles. The van der Waals surface area contributed by atoms with Gasteiger partial charge in [0.15, 0.2) is 11.5 Å². The van der Waals surface area contributed by atoms with Gasteiger partial charge < -0.3 is 14.2 Å². The van der Waals surface area contributed by atoms with Crippen LogP contribution in [0.25, 0.3) is 0 Å². The van der Waals surface area contributed by atoms with E-state index in [4.69, 9.17) is 14.2 Å². The smallest absolute Gasteiger partial charge is 0.314 e. The molecule has 1 saturated heterocycles. The van der Waals surface area contributed by atoms with Crippen LogP contribution in [0.1, 0.15) is 17.9 Å². The zero-order valence-corrected chi connectivity index (χ0v) is 9.67. The van der Waals surface area contributed by atoms with Gasteiger partial charge in [0.1, 0.15) is 6.10 Å². The number of fused-ring (bicyclic) bond motifs is 3. The Labute approximate surface area is 104 Å². The molecule has 0 aromatic heterocycles. The quantitative estimate of drug-likeness (QED) is 0.560. The maximum absolute atomic E-state index is 11.7. The van der Waals surface area contributed by atoms with Gasteiger partial charge in [0.25, 0.3) is 0 Å². The van der Waals surface area contributed by atoms with Crippen molar-refractivity contribution in [3.63, 3.8) is 0 Å². The van der Waals surface area contributed by atoms with Crippen LogP contribution in [-0.2, 0) is 9.53 Å². The van der Waals surface area contributed by atoms with Gasteiger partial charge in [-0.3, -0.25) is 4.79 Å². The van der Waals surface area contributed by atoms with Crippen molar-refractivity contribution in [1.82, 2.24) is 0 Å². The summed E-state index contributed by atoms with van der Waals surface area (Å²) in [6.45, 7) is 0.275. The molecule has 1 aliphatic carbocycles. The van der Waals surface area contributed by atoms with Crippen LogP contribution < -0.4 is 9.47 Å². The maximum atomic E-state index is 11.7. The largest absolute Gasteiger partial charge is 0.458 e. The monoisotopic (exact) mass is 244 g/mol. The molecule has 0 spiro atoms. The van der Waals surface area contributed by atoms with Gasteiger partial charge in [0.05, 0.1) is 5.92 Å². The van der Waals surface area contributed by atoms with E-state index in [1.165, 1.54) is 0 Å². The summed E-state index contributed by atoms with van der Waals surface area (Å²) in [5.41, 5.74) is 1.12. The summed E-state index contributed by atoms with van der Waals surface area (Å²) in [5, 5.41) is 0. The van der Waals surface area contributed by atoms with Crippen LogP contribution in [0.3, 0.4) is 0 Å². The summed E-state index contributed by atoms with van der Waals surface area (Å²) in [4.78, 5) is 11.7. The number of hydrogen-bond donors (Lipinski definition) is 0. The molecule has 3 atom stereocenters. The standard InChI is InChI=1S/C14H12O4/c15-14-10-3-2-9(18-14)6-11(10)8-1-4-12-13(5-8)17-7-16-12/h1-5,9-11H,6-7H2/t9-,10?,11?/m0/s1. The van der Waals surface area contributed by atoms with Gasteiger partial charge in [-0.2, -0.15) is 0 Å². The van der Waals surface area contributed by atoms with Gasteiger partial charge in [0.2, 0.25) is 6.79 Å². The summed E-state index contributed by atoms with van der Waals surface area (Å²) in [5.74, 6) is 1.46. The summed E-state index contributed by atoms with van der Waals surface area (Å²) in [7, 11) is 0. The molecule has 4 nitrogen and oxygen atoms in total. The van der Waals surface area contributed by atoms with Gasteiger partial charge in [0, 0.05) is 5.92 Å².